The van der Waals surface area contributed by atoms with Crippen molar-refractivity contribution in [3.63, 3.8) is 0 Å². The van der Waals surface area contributed by atoms with Gasteiger partial charge in [0.25, 0.3) is 0 Å². The van der Waals surface area contributed by atoms with E-state index >= 15 is 0 Å². The molecule has 70 valence electrons. The molecule has 0 amide bonds. The highest BCUT2D eigenvalue weighted by atomic mass is 35.5. The van der Waals surface area contributed by atoms with Crippen molar-refractivity contribution in [2.45, 2.75) is 0 Å². The first-order chi connectivity index (χ1) is 6.19. The van der Waals surface area contributed by atoms with E-state index in [-0.39, 0.29) is 0 Å². The fourth-order valence-electron chi connectivity index (χ4n) is 0.955. The van der Waals surface area contributed by atoms with Gasteiger partial charge in [0.05, 0.1) is 12.1 Å². The van der Waals surface area contributed by atoms with Crippen LogP contribution < -0.4 is 10.5 Å². The van der Waals surface area contributed by atoms with Crippen LogP contribution in [0, 0.1) is 0 Å². The molecule has 13 heavy (non-hydrogen) atoms. The van der Waals surface area contributed by atoms with Gasteiger partial charge in [-0.2, -0.15) is 0 Å². The summed E-state index contributed by atoms with van der Waals surface area (Å²) in [5.41, 5.74) is 6.40. The van der Waals surface area contributed by atoms with Crippen LogP contribution in [0.3, 0.4) is 0 Å². The van der Waals surface area contributed by atoms with Gasteiger partial charge in [-0.3, -0.25) is 4.99 Å². The van der Waals surface area contributed by atoms with Gasteiger partial charge in [-0.05, 0) is 18.2 Å². The molecular formula is C9H11ClN2O. The Morgan fingerprint density at radius 3 is 2.69 bits per heavy atom. The smallest absolute Gasteiger partial charge is 0.137 e. The molecule has 0 aliphatic heterocycles. The van der Waals surface area contributed by atoms with E-state index in [1.54, 1.807) is 26.3 Å². The number of methoxy groups -OCH3 is 1. The molecule has 0 heterocycles. The number of halogens is 1. The molecule has 0 aromatic heterocycles. The molecule has 0 unspecified atom stereocenters. The first-order valence-electron chi connectivity index (χ1n) is 3.75. The molecule has 0 fully saturated rings. The summed E-state index contributed by atoms with van der Waals surface area (Å²) < 4.78 is 5.00. The summed E-state index contributed by atoms with van der Waals surface area (Å²) >= 11 is 5.90. The molecule has 1 rings (SSSR count). The molecule has 0 bridgehead atoms. The molecule has 3 nitrogen and oxygen atoms in total. The summed E-state index contributed by atoms with van der Waals surface area (Å²) in [6.07, 6.45) is 0. The number of ether oxygens (including phenoxy) is 1. The molecule has 0 radical (unpaired) electrons. The lowest BCUT2D eigenvalue weighted by Crippen LogP contribution is -2.12. The third-order valence-corrected chi connectivity index (χ3v) is 1.98. The Kier molecular flexibility index (Phi) is 3.14. The van der Waals surface area contributed by atoms with Crippen LogP contribution in [-0.4, -0.2) is 20.0 Å². The average Bonchev–Trinajstić information content (AvgIpc) is 2.16. The van der Waals surface area contributed by atoms with Crippen molar-refractivity contribution in [2.75, 3.05) is 14.2 Å². The average molecular weight is 199 g/mol. The SMILES string of the molecule is CN=C(N)c1ccc(OC)c(Cl)c1. The normalized spacial score (nSPS) is 11.5. The lowest BCUT2D eigenvalue weighted by Gasteiger charge is -2.04. The zero-order chi connectivity index (χ0) is 9.84. The van der Waals surface area contributed by atoms with Gasteiger partial charge >= 0.3 is 0 Å². The number of nitrogens with two attached hydrogens (primary N) is 1. The van der Waals surface area contributed by atoms with Crippen LogP contribution in [0.5, 0.6) is 5.75 Å². The summed E-state index contributed by atoms with van der Waals surface area (Å²) in [6.45, 7) is 0. The predicted octanol–water partition coefficient (Wildman–Crippen LogP) is 1.68. The van der Waals surface area contributed by atoms with E-state index in [0.29, 0.717) is 16.6 Å². The molecular weight excluding hydrogens is 188 g/mol. The molecule has 0 aliphatic rings. The Morgan fingerprint density at radius 2 is 2.23 bits per heavy atom. The monoisotopic (exact) mass is 198 g/mol. The van der Waals surface area contributed by atoms with E-state index in [1.807, 2.05) is 6.07 Å². The fraction of sp³-hybridized carbons (Fsp3) is 0.222. The molecule has 1 aromatic carbocycles. The Morgan fingerprint density at radius 1 is 1.54 bits per heavy atom. The largest absolute Gasteiger partial charge is 0.495 e. The number of amidine groups is 1. The van der Waals surface area contributed by atoms with E-state index in [1.165, 1.54) is 0 Å². The highest BCUT2D eigenvalue weighted by molar-refractivity contribution is 6.32. The second-order valence-electron chi connectivity index (χ2n) is 2.46. The maximum atomic E-state index is 5.90. The number of aliphatic imine (C=N–C) groups is 1. The first kappa shape index (κ1) is 9.86. The Labute approximate surface area is 82.2 Å². The molecule has 0 saturated heterocycles. The number of nitrogens with zero attached hydrogens (tertiary/aromatic N) is 1. The van der Waals surface area contributed by atoms with E-state index in [2.05, 4.69) is 4.99 Å². The van der Waals surface area contributed by atoms with Gasteiger partial charge in [0.15, 0.2) is 0 Å². The quantitative estimate of drug-likeness (QED) is 0.581. The van der Waals surface area contributed by atoms with Crippen LogP contribution in [0.1, 0.15) is 5.56 Å². The van der Waals surface area contributed by atoms with E-state index in [9.17, 15) is 0 Å². The van der Waals surface area contributed by atoms with Crippen molar-refractivity contribution in [3.8, 4) is 5.75 Å². The Balaban J connectivity index is 3.10. The fourth-order valence-corrected chi connectivity index (χ4v) is 1.21. The molecule has 1 aromatic rings. The summed E-state index contributed by atoms with van der Waals surface area (Å²) in [5.74, 6) is 1.10. The van der Waals surface area contributed by atoms with E-state index in [4.69, 9.17) is 22.1 Å². The zero-order valence-corrected chi connectivity index (χ0v) is 8.30. The maximum Gasteiger partial charge on any atom is 0.137 e. The van der Waals surface area contributed by atoms with E-state index < -0.39 is 0 Å². The number of rotatable bonds is 2. The second kappa shape index (κ2) is 4.14. The number of hydrogen-bond acceptors (Lipinski definition) is 2. The Hall–Kier alpha value is -1.22. The third-order valence-electron chi connectivity index (χ3n) is 1.69. The zero-order valence-electron chi connectivity index (χ0n) is 7.54. The van der Waals surface area contributed by atoms with Crippen molar-refractivity contribution in [1.29, 1.82) is 0 Å². The van der Waals surface area contributed by atoms with Crippen molar-refractivity contribution in [3.05, 3.63) is 28.8 Å². The van der Waals surface area contributed by atoms with Crippen LogP contribution >= 0.6 is 11.6 Å². The van der Waals surface area contributed by atoms with Gasteiger partial charge in [-0.25, -0.2) is 0 Å². The van der Waals surface area contributed by atoms with Crippen LogP contribution in [0.25, 0.3) is 0 Å². The lowest BCUT2D eigenvalue weighted by molar-refractivity contribution is 0.415. The topological polar surface area (TPSA) is 47.6 Å². The summed E-state index contributed by atoms with van der Waals surface area (Å²) in [6, 6.07) is 5.30. The predicted molar refractivity (Wildman–Crippen MR) is 54.7 cm³/mol. The van der Waals surface area contributed by atoms with Crippen molar-refractivity contribution < 1.29 is 4.74 Å². The highest BCUT2D eigenvalue weighted by Crippen LogP contribution is 2.24. The van der Waals surface area contributed by atoms with Gasteiger partial charge in [0, 0.05) is 12.6 Å². The van der Waals surface area contributed by atoms with Gasteiger partial charge < -0.3 is 10.5 Å². The van der Waals surface area contributed by atoms with Crippen LogP contribution in [0.15, 0.2) is 23.2 Å². The van der Waals surface area contributed by atoms with Crippen molar-refractivity contribution in [2.24, 2.45) is 10.7 Å². The number of benzene rings is 1. The third kappa shape index (κ3) is 2.12. The lowest BCUT2D eigenvalue weighted by atomic mass is 10.2. The van der Waals surface area contributed by atoms with Gasteiger partial charge in [-0.1, -0.05) is 11.6 Å². The maximum absolute atomic E-state index is 5.90. The summed E-state index contributed by atoms with van der Waals surface area (Å²) in [7, 11) is 3.20. The summed E-state index contributed by atoms with van der Waals surface area (Å²) in [5, 5.41) is 0.534. The minimum atomic E-state index is 0.463. The van der Waals surface area contributed by atoms with Gasteiger partial charge in [0.1, 0.15) is 11.6 Å². The van der Waals surface area contributed by atoms with Crippen molar-refractivity contribution >= 4 is 17.4 Å². The highest BCUT2D eigenvalue weighted by Gasteiger charge is 2.03. The molecule has 0 saturated carbocycles. The minimum Gasteiger partial charge on any atom is -0.495 e. The molecule has 0 atom stereocenters. The Bertz CT molecular complexity index is 336. The van der Waals surface area contributed by atoms with Crippen molar-refractivity contribution in [1.82, 2.24) is 0 Å². The van der Waals surface area contributed by atoms with Crippen LogP contribution in [0.2, 0.25) is 5.02 Å². The van der Waals surface area contributed by atoms with Crippen LogP contribution in [-0.2, 0) is 0 Å². The van der Waals surface area contributed by atoms with E-state index in [0.717, 1.165) is 5.56 Å². The first-order valence-corrected chi connectivity index (χ1v) is 4.13. The molecule has 2 N–H and O–H groups in total. The second-order valence-corrected chi connectivity index (χ2v) is 2.87. The van der Waals surface area contributed by atoms with Crippen LogP contribution in [0.4, 0.5) is 0 Å². The number of hydrogen-bond donors (Lipinski definition) is 1. The minimum absolute atomic E-state index is 0.463. The molecule has 0 spiro atoms. The van der Waals surface area contributed by atoms with Gasteiger partial charge in [-0.15, -0.1) is 0 Å². The standard InChI is InChI=1S/C9H11ClN2O/c1-12-9(11)6-3-4-8(13-2)7(10)5-6/h3-5H,1-2H3,(H2,11,12). The summed E-state index contributed by atoms with van der Waals surface area (Å²) in [4.78, 5) is 3.85. The molecule has 4 heteroatoms. The van der Waals surface area contributed by atoms with Gasteiger partial charge in [0.2, 0.25) is 0 Å². The molecule has 0 aliphatic carbocycles.